The maximum atomic E-state index is 11.4. The molecule has 7 nitrogen and oxygen atoms in total. The average molecular weight is 503 g/mol. The first-order valence-electron chi connectivity index (χ1n) is 8.61. The molecule has 0 aliphatic rings. The van der Waals surface area contributed by atoms with E-state index in [4.69, 9.17) is 9.47 Å². The lowest BCUT2D eigenvalue weighted by molar-refractivity contribution is -0.142. The number of hydrogen-bond acceptors (Lipinski definition) is 6. The number of rotatable bonds is 6. The summed E-state index contributed by atoms with van der Waals surface area (Å²) in [5.41, 5.74) is 3.91. The van der Waals surface area contributed by atoms with Gasteiger partial charge in [0, 0.05) is 0 Å². The SMILES string of the molecule is COC(=O)COc1c(I)cc(/C=C(/C#N)c2nc3ccc(C)cc3[nH]2)cc1OC. The number of aromatic amines is 1. The van der Waals surface area contributed by atoms with Crippen molar-refractivity contribution in [2.45, 2.75) is 6.92 Å². The number of carbonyl (C=O) groups excluding carboxylic acids is 1. The third kappa shape index (κ3) is 4.68. The minimum absolute atomic E-state index is 0.222. The molecule has 3 aromatic rings. The Kier molecular flexibility index (Phi) is 6.39. The molecular weight excluding hydrogens is 485 g/mol. The molecule has 0 aliphatic heterocycles. The molecular formula is C21H18IN3O4. The van der Waals surface area contributed by atoms with Crippen molar-refractivity contribution in [3.63, 3.8) is 0 Å². The van der Waals surface area contributed by atoms with Crippen LogP contribution in [-0.4, -0.2) is 36.8 Å². The Morgan fingerprint density at radius 2 is 2.10 bits per heavy atom. The molecule has 1 heterocycles. The third-order valence-corrected chi connectivity index (χ3v) is 4.94. The van der Waals surface area contributed by atoms with Gasteiger partial charge in [0.1, 0.15) is 11.9 Å². The van der Waals surface area contributed by atoms with Crippen LogP contribution in [0.5, 0.6) is 11.5 Å². The molecule has 148 valence electrons. The van der Waals surface area contributed by atoms with E-state index in [-0.39, 0.29) is 6.61 Å². The number of nitrogens with zero attached hydrogens (tertiary/aromatic N) is 2. The maximum absolute atomic E-state index is 11.4. The summed E-state index contributed by atoms with van der Waals surface area (Å²) >= 11 is 2.09. The second-order valence-electron chi connectivity index (χ2n) is 6.17. The van der Waals surface area contributed by atoms with Gasteiger partial charge >= 0.3 is 5.97 Å². The van der Waals surface area contributed by atoms with Crippen LogP contribution >= 0.6 is 22.6 Å². The number of carbonyl (C=O) groups is 1. The number of imidazole rings is 1. The summed E-state index contributed by atoms with van der Waals surface area (Å²) < 4.78 is 16.2. The predicted molar refractivity (Wildman–Crippen MR) is 118 cm³/mol. The summed E-state index contributed by atoms with van der Waals surface area (Å²) in [4.78, 5) is 19.0. The number of benzene rings is 2. The first-order valence-corrected chi connectivity index (χ1v) is 9.68. The summed E-state index contributed by atoms with van der Waals surface area (Å²) in [5.74, 6) is 0.893. The van der Waals surface area contributed by atoms with E-state index in [0.29, 0.717) is 22.9 Å². The highest BCUT2D eigenvalue weighted by Crippen LogP contribution is 2.35. The second kappa shape index (κ2) is 8.96. The molecule has 0 atom stereocenters. The number of H-pyrrole nitrogens is 1. The smallest absolute Gasteiger partial charge is 0.343 e. The van der Waals surface area contributed by atoms with Crippen molar-refractivity contribution in [1.82, 2.24) is 9.97 Å². The number of aryl methyl sites for hydroxylation is 1. The molecule has 0 spiro atoms. The van der Waals surface area contributed by atoms with Crippen LogP contribution < -0.4 is 9.47 Å². The van der Waals surface area contributed by atoms with Gasteiger partial charge in [-0.05, 0) is 71.0 Å². The van der Waals surface area contributed by atoms with Crippen molar-refractivity contribution in [1.29, 1.82) is 5.26 Å². The zero-order valence-corrected chi connectivity index (χ0v) is 18.2. The predicted octanol–water partition coefficient (Wildman–Crippen LogP) is 4.10. The number of nitrogens with one attached hydrogen (secondary N) is 1. The largest absolute Gasteiger partial charge is 0.493 e. The second-order valence-corrected chi connectivity index (χ2v) is 7.34. The molecule has 0 fully saturated rings. The molecule has 0 aliphatic carbocycles. The van der Waals surface area contributed by atoms with E-state index in [2.05, 4.69) is 43.4 Å². The van der Waals surface area contributed by atoms with Gasteiger partial charge in [0.15, 0.2) is 18.1 Å². The lowest BCUT2D eigenvalue weighted by Gasteiger charge is -2.13. The Balaban J connectivity index is 1.97. The lowest BCUT2D eigenvalue weighted by Crippen LogP contribution is -2.13. The van der Waals surface area contributed by atoms with Crippen LogP contribution in [0.2, 0.25) is 0 Å². The number of methoxy groups -OCH3 is 2. The molecule has 0 saturated heterocycles. The molecule has 8 heteroatoms. The van der Waals surface area contributed by atoms with Gasteiger partial charge in [-0.15, -0.1) is 0 Å². The number of esters is 1. The number of fused-ring (bicyclic) bond motifs is 1. The summed E-state index contributed by atoms with van der Waals surface area (Å²) in [5, 5.41) is 9.66. The van der Waals surface area contributed by atoms with Crippen LogP contribution in [0.25, 0.3) is 22.7 Å². The molecule has 0 radical (unpaired) electrons. The van der Waals surface area contributed by atoms with Gasteiger partial charge in [0.25, 0.3) is 0 Å². The van der Waals surface area contributed by atoms with Crippen LogP contribution in [0, 0.1) is 21.8 Å². The van der Waals surface area contributed by atoms with Crippen molar-refractivity contribution in [3.05, 3.63) is 50.9 Å². The first-order chi connectivity index (χ1) is 13.9. The summed E-state index contributed by atoms with van der Waals surface area (Å²) in [6.45, 7) is 1.78. The Bertz CT molecular complexity index is 1140. The van der Waals surface area contributed by atoms with E-state index in [1.165, 1.54) is 14.2 Å². The van der Waals surface area contributed by atoms with Gasteiger partial charge in [-0.25, -0.2) is 9.78 Å². The molecule has 0 saturated carbocycles. The fourth-order valence-electron chi connectivity index (χ4n) is 2.72. The molecule has 0 unspecified atom stereocenters. The summed E-state index contributed by atoms with van der Waals surface area (Å²) in [6, 6.07) is 11.6. The highest BCUT2D eigenvalue weighted by molar-refractivity contribution is 14.1. The molecule has 29 heavy (non-hydrogen) atoms. The highest BCUT2D eigenvalue weighted by atomic mass is 127. The summed E-state index contributed by atoms with van der Waals surface area (Å²) in [6.07, 6.45) is 1.72. The molecule has 1 N–H and O–H groups in total. The van der Waals surface area contributed by atoms with Gasteiger partial charge in [0.2, 0.25) is 0 Å². The Hall–Kier alpha value is -3.06. The molecule has 0 amide bonds. The number of nitriles is 1. The first kappa shape index (κ1) is 20.7. The average Bonchev–Trinajstić information content (AvgIpc) is 3.13. The van der Waals surface area contributed by atoms with Crippen LogP contribution in [0.15, 0.2) is 30.3 Å². The Morgan fingerprint density at radius 3 is 2.79 bits per heavy atom. The van der Waals surface area contributed by atoms with Crippen molar-refractivity contribution < 1.29 is 19.0 Å². The topological polar surface area (TPSA) is 97.2 Å². The van der Waals surface area contributed by atoms with Crippen LogP contribution in [0.3, 0.4) is 0 Å². The van der Waals surface area contributed by atoms with Crippen LogP contribution in [0.4, 0.5) is 0 Å². The lowest BCUT2D eigenvalue weighted by atomic mass is 10.1. The monoisotopic (exact) mass is 503 g/mol. The fourth-order valence-corrected chi connectivity index (χ4v) is 3.51. The van der Waals surface area contributed by atoms with Gasteiger partial charge in [-0.3, -0.25) is 0 Å². The molecule has 1 aromatic heterocycles. The van der Waals surface area contributed by atoms with Crippen molar-refractivity contribution >= 4 is 51.2 Å². The molecule has 0 bridgehead atoms. The van der Waals surface area contributed by atoms with Gasteiger partial charge in [-0.2, -0.15) is 5.26 Å². The van der Waals surface area contributed by atoms with Crippen LogP contribution in [0.1, 0.15) is 17.0 Å². The van der Waals surface area contributed by atoms with Crippen LogP contribution in [-0.2, 0) is 9.53 Å². The van der Waals surface area contributed by atoms with E-state index < -0.39 is 5.97 Å². The minimum Gasteiger partial charge on any atom is -0.493 e. The van der Waals surface area contributed by atoms with E-state index >= 15 is 0 Å². The van der Waals surface area contributed by atoms with Crippen molar-refractivity contribution in [2.24, 2.45) is 0 Å². The Labute approximate surface area is 181 Å². The van der Waals surface area contributed by atoms with E-state index in [0.717, 1.165) is 25.7 Å². The van der Waals surface area contributed by atoms with Gasteiger partial charge < -0.3 is 19.2 Å². The van der Waals surface area contributed by atoms with E-state index in [1.807, 2.05) is 31.2 Å². The zero-order chi connectivity index (χ0) is 21.0. The zero-order valence-electron chi connectivity index (χ0n) is 16.1. The maximum Gasteiger partial charge on any atom is 0.343 e. The third-order valence-electron chi connectivity index (χ3n) is 4.14. The number of aromatic nitrogens is 2. The van der Waals surface area contributed by atoms with E-state index in [1.54, 1.807) is 12.1 Å². The number of hydrogen-bond donors (Lipinski definition) is 1. The number of allylic oxidation sites excluding steroid dienone is 1. The van der Waals surface area contributed by atoms with Crippen molar-refractivity contribution in [2.75, 3.05) is 20.8 Å². The summed E-state index contributed by atoms with van der Waals surface area (Å²) in [7, 11) is 2.81. The Morgan fingerprint density at radius 1 is 1.31 bits per heavy atom. The number of halogens is 1. The fraction of sp³-hybridized carbons (Fsp3) is 0.190. The van der Waals surface area contributed by atoms with Gasteiger partial charge in [-0.1, -0.05) is 6.07 Å². The molecule has 2 aromatic carbocycles. The highest BCUT2D eigenvalue weighted by Gasteiger charge is 2.14. The van der Waals surface area contributed by atoms with Crippen molar-refractivity contribution in [3.8, 4) is 17.6 Å². The van der Waals surface area contributed by atoms with E-state index in [9.17, 15) is 10.1 Å². The standard InChI is InChI=1S/C21H18IN3O4/c1-12-4-5-16-17(6-12)25-21(24-16)14(10-23)7-13-8-15(22)20(18(9-13)27-2)29-11-19(26)28-3/h4-9H,11H2,1-3H3,(H,24,25)/b14-7-. The normalized spacial score (nSPS) is 11.2. The molecule has 3 rings (SSSR count). The number of ether oxygens (including phenoxy) is 3. The minimum atomic E-state index is -0.487. The quantitative estimate of drug-likeness (QED) is 0.309. The van der Waals surface area contributed by atoms with Gasteiger partial charge in [0.05, 0.1) is 34.4 Å².